The fourth-order valence-corrected chi connectivity index (χ4v) is 5.76. The van der Waals surface area contributed by atoms with Gasteiger partial charge in [0.2, 0.25) is 0 Å². The number of hydrogen-bond donors (Lipinski definition) is 3. The molecule has 2 fully saturated rings. The maximum Gasteiger partial charge on any atom is 0.258 e. The molecule has 2 aromatic carbocycles. The Kier molecular flexibility index (Phi) is 8.02. The van der Waals surface area contributed by atoms with Crippen LogP contribution >= 0.6 is 34.8 Å². The first-order valence-electron chi connectivity index (χ1n) is 12.5. The number of likely N-dealkylation sites (tertiary alicyclic amines) is 1. The number of hydrogen-bond acceptors (Lipinski definition) is 6. The number of carbonyl (C=O) groups is 2. The number of ether oxygens (including phenoxy) is 2. The molecule has 3 aliphatic heterocycles. The van der Waals surface area contributed by atoms with Gasteiger partial charge in [-0.1, -0.05) is 40.9 Å². The number of benzene rings is 2. The van der Waals surface area contributed by atoms with Crippen molar-refractivity contribution < 1.29 is 19.1 Å². The first-order valence-corrected chi connectivity index (χ1v) is 13.6. The second-order valence-electron chi connectivity index (χ2n) is 9.59. The molecule has 2 aromatic rings. The number of rotatable bonds is 6. The van der Waals surface area contributed by atoms with Gasteiger partial charge in [-0.3, -0.25) is 9.59 Å². The molecule has 198 valence electrons. The van der Waals surface area contributed by atoms with Crippen LogP contribution in [0.4, 0.5) is 0 Å². The first kappa shape index (κ1) is 26.4. The Bertz CT molecular complexity index is 1160. The molecule has 0 aromatic heterocycles. The molecule has 3 heterocycles. The van der Waals surface area contributed by atoms with Crippen LogP contribution < -0.4 is 25.4 Å². The van der Waals surface area contributed by atoms with Gasteiger partial charge in [0.1, 0.15) is 17.6 Å². The van der Waals surface area contributed by atoms with Crippen molar-refractivity contribution >= 4 is 46.6 Å². The highest BCUT2D eigenvalue weighted by Gasteiger charge is 2.43. The van der Waals surface area contributed by atoms with Crippen molar-refractivity contribution in [2.24, 2.45) is 0 Å². The van der Waals surface area contributed by atoms with E-state index in [9.17, 15) is 9.59 Å². The predicted octanol–water partition coefficient (Wildman–Crippen LogP) is 4.12. The third-order valence-corrected chi connectivity index (χ3v) is 8.00. The van der Waals surface area contributed by atoms with Crippen LogP contribution in [0.25, 0.3) is 0 Å². The quantitative estimate of drug-likeness (QED) is 0.486. The van der Waals surface area contributed by atoms with E-state index in [1.165, 1.54) is 0 Å². The highest BCUT2D eigenvalue weighted by molar-refractivity contribution is 6.39. The van der Waals surface area contributed by atoms with E-state index in [2.05, 4.69) is 20.9 Å². The molecule has 11 heteroatoms. The van der Waals surface area contributed by atoms with Crippen LogP contribution in [0.1, 0.15) is 46.4 Å². The maximum atomic E-state index is 12.9. The number of amides is 2. The van der Waals surface area contributed by atoms with E-state index in [1.54, 1.807) is 30.3 Å². The van der Waals surface area contributed by atoms with Gasteiger partial charge in [0, 0.05) is 45.1 Å². The van der Waals surface area contributed by atoms with Crippen LogP contribution in [0.3, 0.4) is 0 Å². The van der Waals surface area contributed by atoms with Crippen molar-refractivity contribution in [3.63, 3.8) is 0 Å². The maximum absolute atomic E-state index is 12.9. The summed E-state index contributed by atoms with van der Waals surface area (Å²) in [4.78, 5) is 27.7. The van der Waals surface area contributed by atoms with Gasteiger partial charge in [0.15, 0.2) is 5.72 Å². The lowest BCUT2D eigenvalue weighted by Gasteiger charge is -2.44. The SMILES string of the molecule is O=C1NC2(CCN(CCNC(=O)c3c(Cl)cccc3Cl)CC2)Oc2cc(OC3CCNCC3)c(Cl)cc21. The van der Waals surface area contributed by atoms with E-state index in [-0.39, 0.29) is 23.5 Å². The molecule has 0 aliphatic carbocycles. The summed E-state index contributed by atoms with van der Waals surface area (Å²) in [6.07, 6.45) is 3.10. The van der Waals surface area contributed by atoms with Crippen LogP contribution in [0, 0.1) is 0 Å². The van der Waals surface area contributed by atoms with E-state index in [0.29, 0.717) is 71.2 Å². The van der Waals surface area contributed by atoms with Crippen LogP contribution in [0.2, 0.25) is 15.1 Å². The normalized spacial score (nSPS) is 19.6. The van der Waals surface area contributed by atoms with Gasteiger partial charge in [0.25, 0.3) is 11.8 Å². The molecule has 5 rings (SSSR count). The number of halogens is 3. The molecular formula is C26H29Cl3N4O4. The van der Waals surface area contributed by atoms with Gasteiger partial charge >= 0.3 is 0 Å². The Morgan fingerprint density at radius 2 is 1.81 bits per heavy atom. The molecule has 0 atom stereocenters. The van der Waals surface area contributed by atoms with Crippen LogP contribution in [-0.2, 0) is 0 Å². The smallest absolute Gasteiger partial charge is 0.258 e. The molecule has 37 heavy (non-hydrogen) atoms. The molecule has 3 N–H and O–H groups in total. The molecule has 0 bridgehead atoms. The van der Waals surface area contributed by atoms with E-state index in [1.807, 2.05) is 0 Å². The summed E-state index contributed by atoms with van der Waals surface area (Å²) in [5.74, 6) is 0.539. The third-order valence-electron chi connectivity index (χ3n) is 7.07. The first-order chi connectivity index (χ1) is 17.8. The van der Waals surface area contributed by atoms with Crippen LogP contribution in [0.15, 0.2) is 30.3 Å². The van der Waals surface area contributed by atoms with E-state index in [4.69, 9.17) is 44.3 Å². The third kappa shape index (κ3) is 5.94. The van der Waals surface area contributed by atoms with Gasteiger partial charge in [-0.15, -0.1) is 0 Å². The van der Waals surface area contributed by atoms with Crippen LogP contribution in [0.5, 0.6) is 11.5 Å². The van der Waals surface area contributed by atoms with Gasteiger partial charge < -0.3 is 30.3 Å². The molecule has 0 saturated carbocycles. The lowest BCUT2D eigenvalue weighted by atomic mass is 9.97. The van der Waals surface area contributed by atoms with Gasteiger partial charge in [0.05, 0.1) is 26.2 Å². The van der Waals surface area contributed by atoms with Gasteiger partial charge in [-0.25, -0.2) is 0 Å². The molecule has 8 nitrogen and oxygen atoms in total. The molecule has 1 spiro atoms. The largest absolute Gasteiger partial charge is 0.489 e. The highest BCUT2D eigenvalue weighted by Crippen LogP contribution is 2.40. The van der Waals surface area contributed by atoms with Gasteiger partial charge in [-0.05, 0) is 44.1 Å². The lowest BCUT2D eigenvalue weighted by Crippen LogP contribution is -2.61. The van der Waals surface area contributed by atoms with Crippen molar-refractivity contribution in [2.75, 3.05) is 39.3 Å². The molecular weight excluding hydrogens is 539 g/mol. The molecule has 2 saturated heterocycles. The second-order valence-corrected chi connectivity index (χ2v) is 10.8. The standard InChI is InChI=1S/C26H29Cl3N4O4/c27-18-2-1-3-19(28)23(18)25(35)31-10-13-33-11-6-26(7-12-33)32-24(34)17-14-20(29)22(15-21(17)37-26)36-16-4-8-30-9-5-16/h1-3,14-16,30H,4-13H2,(H,31,35)(H,32,34). The molecule has 0 unspecified atom stereocenters. The Morgan fingerprint density at radius 1 is 1.11 bits per heavy atom. The Labute approximate surface area is 230 Å². The van der Waals surface area contributed by atoms with Crippen molar-refractivity contribution in [3.05, 3.63) is 56.5 Å². The predicted molar refractivity (Wildman–Crippen MR) is 143 cm³/mol. The van der Waals surface area contributed by atoms with E-state index < -0.39 is 5.72 Å². The molecule has 3 aliphatic rings. The summed E-state index contributed by atoms with van der Waals surface area (Å²) in [7, 11) is 0. The van der Waals surface area contributed by atoms with Crippen molar-refractivity contribution in [1.29, 1.82) is 0 Å². The van der Waals surface area contributed by atoms with Crippen LogP contribution in [-0.4, -0.2) is 67.8 Å². The Balaban J connectivity index is 1.17. The van der Waals surface area contributed by atoms with Crippen molar-refractivity contribution in [2.45, 2.75) is 37.5 Å². The van der Waals surface area contributed by atoms with E-state index in [0.717, 1.165) is 25.9 Å². The summed E-state index contributed by atoms with van der Waals surface area (Å²) in [5.41, 5.74) is -0.0879. The average molecular weight is 568 g/mol. The zero-order valence-electron chi connectivity index (χ0n) is 20.2. The lowest BCUT2D eigenvalue weighted by molar-refractivity contribution is -0.0287. The summed E-state index contributed by atoms with van der Waals surface area (Å²) in [6, 6.07) is 8.35. The summed E-state index contributed by atoms with van der Waals surface area (Å²) < 4.78 is 12.5. The van der Waals surface area contributed by atoms with Crippen molar-refractivity contribution in [3.8, 4) is 11.5 Å². The number of piperidine rings is 2. The summed E-state index contributed by atoms with van der Waals surface area (Å²) in [5, 5.41) is 10.3. The zero-order valence-corrected chi connectivity index (χ0v) is 22.5. The fraction of sp³-hybridized carbons (Fsp3) is 0.462. The highest BCUT2D eigenvalue weighted by atomic mass is 35.5. The van der Waals surface area contributed by atoms with E-state index >= 15 is 0 Å². The second kappa shape index (κ2) is 11.3. The minimum atomic E-state index is -0.783. The topological polar surface area (TPSA) is 91.9 Å². The minimum Gasteiger partial charge on any atom is -0.489 e. The van der Waals surface area contributed by atoms with Crippen molar-refractivity contribution in [1.82, 2.24) is 20.9 Å². The summed E-state index contributed by atoms with van der Waals surface area (Å²) >= 11 is 18.7. The fourth-order valence-electron chi connectivity index (χ4n) is 4.99. The number of nitrogens with zero attached hydrogens (tertiary/aromatic N) is 1. The Hall–Kier alpha value is -2.23. The Morgan fingerprint density at radius 3 is 2.51 bits per heavy atom. The number of carbonyl (C=O) groups excluding carboxylic acids is 2. The molecule has 2 amide bonds. The summed E-state index contributed by atoms with van der Waals surface area (Å²) in [6.45, 7) is 4.30. The monoisotopic (exact) mass is 566 g/mol. The van der Waals surface area contributed by atoms with Gasteiger partial charge in [-0.2, -0.15) is 0 Å². The zero-order chi connectivity index (χ0) is 26.0. The number of nitrogens with one attached hydrogen (secondary N) is 3. The number of fused-ring (bicyclic) bond motifs is 1. The minimum absolute atomic E-state index is 0.0841. The molecule has 0 radical (unpaired) electrons. The average Bonchev–Trinajstić information content (AvgIpc) is 2.87.